The van der Waals surface area contributed by atoms with Crippen LogP contribution in [-0.2, 0) is 6.42 Å². The molecule has 1 aromatic heterocycles. The van der Waals surface area contributed by atoms with Crippen molar-refractivity contribution in [1.29, 1.82) is 0 Å². The van der Waals surface area contributed by atoms with E-state index >= 15 is 0 Å². The maximum absolute atomic E-state index is 13.5. The third-order valence-corrected chi connectivity index (χ3v) is 3.98. The summed E-state index contributed by atoms with van der Waals surface area (Å²) in [6.45, 7) is 3.69. The first-order valence-electron chi connectivity index (χ1n) is 5.51. The van der Waals surface area contributed by atoms with Gasteiger partial charge in [0.2, 0.25) is 0 Å². The van der Waals surface area contributed by atoms with Crippen molar-refractivity contribution >= 4 is 27.5 Å². The largest absolute Gasteiger partial charge is 0.232 e. The first kappa shape index (κ1) is 13.4. The van der Waals surface area contributed by atoms with Crippen LogP contribution in [0.4, 0.5) is 4.39 Å². The summed E-state index contributed by atoms with van der Waals surface area (Å²) in [4.78, 5) is 8.55. The van der Waals surface area contributed by atoms with Crippen LogP contribution in [0.1, 0.15) is 18.2 Å². The van der Waals surface area contributed by atoms with Gasteiger partial charge in [-0.3, -0.25) is 0 Å². The van der Waals surface area contributed by atoms with Gasteiger partial charge in [-0.1, -0.05) is 30.7 Å². The van der Waals surface area contributed by atoms with Crippen LogP contribution in [0.3, 0.4) is 0 Å². The molecule has 0 bridgehead atoms. The lowest BCUT2D eigenvalue weighted by Crippen LogP contribution is -1.98. The van der Waals surface area contributed by atoms with Gasteiger partial charge in [-0.05, 0) is 40.9 Å². The highest BCUT2D eigenvalue weighted by Crippen LogP contribution is 2.27. The molecule has 0 saturated carbocycles. The summed E-state index contributed by atoms with van der Waals surface area (Å²) in [5.41, 5.74) is 2.03. The van der Waals surface area contributed by atoms with Crippen LogP contribution >= 0.6 is 27.5 Å². The van der Waals surface area contributed by atoms with Gasteiger partial charge in [-0.15, -0.1) is 0 Å². The molecule has 1 heterocycles. The number of rotatable bonds is 2. The summed E-state index contributed by atoms with van der Waals surface area (Å²) in [7, 11) is 0. The van der Waals surface area contributed by atoms with Crippen molar-refractivity contribution in [1.82, 2.24) is 9.97 Å². The van der Waals surface area contributed by atoms with Crippen LogP contribution in [0.25, 0.3) is 11.4 Å². The Morgan fingerprint density at radius 1 is 1.33 bits per heavy atom. The zero-order chi connectivity index (χ0) is 13.3. The van der Waals surface area contributed by atoms with Crippen molar-refractivity contribution in [3.8, 4) is 11.4 Å². The number of hydrogen-bond acceptors (Lipinski definition) is 2. The Balaban J connectivity index is 2.57. The lowest BCUT2D eigenvalue weighted by Gasteiger charge is -2.07. The monoisotopic (exact) mass is 328 g/mol. The van der Waals surface area contributed by atoms with Crippen molar-refractivity contribution < 1.29 is 4.39 Å². The van der Waals surface area contributed by atoms with Gasteiger partial charge in [0.1, 0.15) is 11.0 Å². The highest BCUT2D eigenvalue weighted by molar-refractivity contribution is 9.10. The Labute approximate surface area is 118 Å². The highest BCUT2D eigenvalue weighted by Gasteiger charge is 2.11. The second-order valence-corrected chi connectivity index (χ2v) is 5.07. The van der Waals surface area contributed by atoms with Crippen LogP contribution in [0, 0.1) is 12.7 Å². The molecule has 2 aromatic rings. The molecule has 18 heavy (non-hydrogen) atoms. The molecule has 0 spiro atoms. The molecule has 0 fully saturated rings. The Hall–Kier alpha value is -1.00. The standard InChI is InChI=1S/C13H11BrClFN2/c1-3-10-11(14)12(15)18-13(17-10)8-5-4-7(2)9(16)6-8/h4-6H,3H2,1-2H3. The molecule has 0 aliphatic heterocycles. The first-order valence-corrected chi connectivity index (χ1v) is 6.68. The van der Waals surface area contributed by atoms with E-state index in [9.17, 15) is 4.39 Å². The molecule has 1 aromatic carbocycles. The highest BCUT2D eigenvalue weighted by atomic mass is 79.9. The van der Waals surface area contributed by atoms with Crippen LogP contribution in [0.5, 0.6) is 0 Å². The predicted molar refractivity (Wildman–Crippen MR) is 74.3 cm³/mol. The summed E-state index contributed by atoms with van der Waals surface area (Å²) in [5.74, 6) is 0.173. The van der Waals surface area contributed by atoms with Gasteiger partial charge in [-0.25, -0.2) is 14.4 Å². The van der Waals surface area contributed by atoms with Crippen LogP contribution in [0.15, 0.2) is 22.7 Å². The molecule has 0 unspecified atom stereocenters. The third-order valence-electron chi connectivity index (χ3n) is 2.64. The summed E-state index contributed by atoms with van der Waals surface area (Å²) < 4.78 is 14.2. The summed E-state index contributed by atoms with van der Waals surface area (Å²) in [6.07, 6.45) is 0.726. The van der Waals surface area contributed by atoms with E-state index in [0.29, 0.717) is 26.6 Å². The van der Waals surface area contributed by atoms with E-state index in [4.69, 9.17) is 11.6 Å². The van der Waals surface area contributed by atoms with Gasteiger partial charge in [0.05, 0.1) is 10.2 Å². The lowest BCUT2D eigenvalue weighted by atomic mass is 10.1. The van der Waals surface area contributed by atoms with Crippen LogP contribution in [-0.4, -0.2) is 9.97 Å². The van der Waals surface area contributed by atoms with Gasteiger partial charge in [0.15, 0.2) is 5.82 Å². The van der Waals surface area contributed by atoms with Crippen LogP contribution in [0.2, 0.25) is 5.15 Å². The number of benzene rings is 1. The zero-order valence-corrected chi connectivity index (χ0v) is 12.3. The van der Waals surface area contributed by atoms with Crippen molar-refractivity contribution in [2.24, 2.45) is 0 Å². The summed E-state index contributed by atoms with van der Waals surface area (Å²) >= 11 is 9.37. The van der Waals surface area contributed by atoms with Gasteiger partial charge < -0.3 is 0 Å². The predicted octanol–water partition coefficient (Wildman–Crippen LogP) is 4.57. The first-order chi connectivity index (χ1) is 8.52. The molecule has 94 valence electrons. The number of hydrogen-bond donors (Lipinski definition) is 0. The number of aryl methyl sites for hydroxylation is 2. The molecule has 0 N–H and O–H groups in total. The van der Waals surface area contributed by atoms with E-state index in [1.165, 1.54) is 6.07 Å². The molecule has 2 nitrogen and oxygen atoms in total. The summed E-state index contributed by atoms with van der Waals surface area (Å²) in [6, 6.07) is 4.92. The molecule has 0 radical (unpaired) electrons. The Morgan fingerprint density at radius 2 is 2.06 bits per heavy atom. The molecular formula is C13H11BrClFN2. The zero-order valence-electron chi connectivity index (χ0n) is 9.97. The quantitative estimate of drug-likeness (QED) is 0.754. The van der Waals surface area contributed by atoms with Crippen LogP contribution < -0.4 is 0 Å². The fourth-order valence-electron chi connectivity index (χ4n) is 1.56. The number of aromatic nitrogens is 2. The van der Waals surface area contributed by atoms with E-state index in [2.05, 4.69) is 25.9 Å². The lowest BCUT2D eigenvalue weighted by molar-refractivity contribution is 0.619. The maximum atomic E-state index is 13.5. The van der Waals surface area contributed by atoms with E-state index in [-0.39, 0.29) is 5.82 Å². The maximum Gasteiger partial charge on any atom is 0.161 e. The molecule has 0 aliphatic rings. The Morgan fingerprint density at radius 3 is 2.67 bits per heavy atom. The Kier molecular flexibility index (Phi) is 3.97. The van der Waals surface area contributed by atoms with E-state index in [1.54, 1.807) is 19.1 Å². The number of halogens is 3. The van der Waals surface area contributed by atoms with Crippen molar-refractivity contribution in [3.63, 3.8) is 0 Å². The molecule has 0 saturated heterocycles. The Bertz CT molecular complexity index is 602. The van der Waals surface area contributed by atoms with Gasteiger partial charge >= 0.3 is 0 Å². The SMILES string of the molecule is CCc1nc(-c2ccc(C)c(F)c2)nc(Cl)c1Br. The van der Waals surface area contributed by atoms with Gasteiger partial charge in [0.25, 0.3) is 0 Å². The minimum atomic E-state index is -0.270. The topological polar surface area (TPSA) is 25.8 Å². The average Bonchev–Trinajstić information content (AvgIpc) is 2.36. The third kappa shape index (κ3) is 2.54. The van der Waals surface area contributed by atoms with E-state index in [1.807, 2.05) is 6.92 Å². The van der Waals surface area contributed by atoms with Gasteiger partial charge in [0, 0.05) is 5.56 Å². The normalized spacial score (nSPS) is 10.7. The average molecular weight is 330 g/mol. The minimum absolute atomic E-state index is 0.270. The fraction of sp³-hybridized carbons (Fsp3) is 0.231. The minimum Gasteiger partial charge on any atom is -0.232 e. The number of nitrogens with zero attached hydrogens (tertiary/aromatic N) is 2. The second kappa shape index (κ2) is 5.33. The molecular weight excluding hydrogens is 319 g/mol. The van der Waals surface area contributed by atoms with E-state index < -0.39 is 0 Å². The summed E-state index contributed by atoms with van der Waals surface area (Å²) in [5, 5.41) is 0.345. The van der Waals surface area contributed by atoms with Gasteiger partial charge in [-0.2, -0.15) is 0 Å². The smallest absolute Gasteiger partial charge is 0.161 e. The van der Waals surface area contributed by atoms with Crippen molar-refractivity contribution in [3.05, 3.63) is 44.9 Å². The molecule has 2 rings (SSSR count). The second-order valence-electron chi connectivity index (χ2n) is 3.92. The van der Waals surface area contributed by atoms with E-state index in [0.717, 1.165) is 12.1 Å². The molecule has 0 amide bonds. The van der Waals surface area contributed by atoms with Crippen molar-refractivity contribution in [2.75, 3.05) is 0 Å². The van der Waals surface area contributed by atoms with Crippen molar-refractivity contribution in [2.45, 2.75) is 20.3 Å². The molecule has 0 atom stereocenters. The fourth-order valence-corrected chi connectivity index (χ4v) is 2.21. The molecule has 5 heteroatoms. The molecule has 0 aliphatic carbocycles.